The zero-order chi connectivity index (χ0) is 21.5. The monoisotopic (exact) mass is 620 g/mol. The fraction of sp³-hybridized carbons (Fsp3) is 0. The number of rotatable bonds is 6. The summed E-state index contributed by atoms with van der Waals surface area (Å²) in [5, 5.41) is 65.6. The van der Waals surface area contributed by atoms with Gasteiger partial charge in [0.1, 0.15) is 0 Å². The number of benzene rings is 2. The maximum absolute atomic E-state index is 11.5. The molecule has 0 radical (unpaired) electrons. The van der Waals surface area contributed by atoms with E-state index in [9.17, 15) is 59.4 Å². The van der Waals surface area contributed by atoms with Crippen LogP contribution in [0.1, 0.15) is 62.1 Å². The summed E-state index contributed by atoms with van der Waals surface area (Å²) >= 11 is 0. The van der Waals surface area contributed by atoms with Crippen molar-refractivity contribution in [1.82, 2.24) is 0 Å². The van der Waals surface area contributed by atoms with Gasteiger partial charge in [0.2, 0.25) is 0 Å². The van der Waals surface area contributed by atoms with Gasteiger partial charge in [0, 0.05) is 38.8 Å². The Morgan fingerprint density at radius 1 is 0.412 bits per heavy atom. The molecule has 2 rings (SSSR count). The van der Waals surface area contributed by atoms with Gasteiger partial charge in [-0.15, -0.1) is 0 Å². The molecule has 0 aliphatic carbocycles. The first-order valence-corrected chi connectivity index (χ1v) is 6.85. The van der Waals surface area contributed by atoms with Crippen molar-refractivity contribution in [1.29, 1.82) is 0 Å². The summed E-state index contributed by atoms with van der Waals surface area (Å²) in [4.78, 5) is 67.9. The van der Waals surface area contributed by atoms with E-state index < -0.39 is 80.0 Å². The molecule has 34 heavy (non-hydrogen) atoms. The second-order valence-electron chi connectivity index (χ2n) is 5.17. The van der Waals surface area contributed by atoms with Gasteiger partial charge >= 0.3 is 308 Å². The van der Waals surface area contributed by atoms with E-state index in [1.165, 1.54) is 0 Å². The first kappa shape index (κ1) is 49.0. The van der Waals surface area contributed by atoms with Crippen LogP contribution in [-0.2, 0) is 0 Å². The molecule has 144 valence electrons. The molecule has 0 aliphatic heterocycles. The average Bonchev–Trinajstić information content (AvgIpc) is 2.57. The van der Waals surface area contributed by atoms with Crippen LogP contribution in [0.5, 0.6) is 0 Å². The van der Waals surface area contributed by atoms with Crippen molar-refractivity contribution >= 4 is 46.6 Å². The van der Waals surface area contributed by atoms with E-state index in [1.807, 2.05) is 0 Å². The largest absolute Gasteiger partial charge is 1.00 e. The van der Waals surface area contributed by atoms with Crippen LogP contribution in [0.25, 0.3) is 10.8 Å². The minimum absolute atomic E-state index is 0. The van der Waals surface area contributed by atoms with E-state index in [0.29, 0.717) is 0 Å². The quantitative estimate of drug-likeness (QED) is 0.273. The standard InChI is InChI=1S/C16H8O12.6K/c17-11(18)4-2-5(12(19)20)8(14(23)24)3-1-6(13(21)22)9(15(25)26)10(7(3)4)16(27)28;;;;;;/h1-2H,(H,17,18)(H,19,20)(H,21,22)(H,23,24)(H,25,26)(H,27,28);;;;;;/q;6*+1/p-6. The summed E-state index contributed by atoms with van der Waals surface area (Å²) < 4.78 is 0. The predicted molar refractivity (Wildman–Crippen MR) is 69.9 cm³/mol. The smallest absolute Gasteiger partial charge is 0.545 e. The molecule has 2 aromatic carbocycles. The second kappa shape index (κ2) is 22.0. The van der Waals surface area contributed by atoms with E-state index in [0.717, 1.165) is 0 Å². The molecule has 0 spiro atoms. The van der Waals surface area contributed by atoms with Crippen LogP contribution in [-0.4, -0.2) is 35.8 Å². The maximum atomic E-state index is 11.5. The second-order valence-corrected chi connectivity index (χ2v) is 5.17. The molecule has 0 saturated heterocycles. The van der Waals surface area contributed by atoms with Crippen molar-refractivity contribution in [2.75, 3.05) is 0 Å². The van der Waals surface area contributed by atoms with Crippen molar-refractivity contribution in [3.63, 3.8) is 0 Å². The molecule has 0 fully saturated rings. The van der Waals surface area contributed by atoms with Crippen LogP contribution in [0.15, 0.2) is 12.1 Å². The van der Waals surface area contributed by atoms with Crippen LogP contribution in [0.2, 0.25) is 0 Å². The summed E-state index contributed by atoms with van der Waals surface area (Å²) in [6.45, 7) is 0. The molecule has 0 aromatic heterocycles. The van der Waals surface area contributed by atoms with Crippen molar-refractivity contribution in [2.24, 2.45) is 0 Å². The SMILES string of the molecule is O=C([O-])c1cc2c(C(=O)[O-])c(C(=O)[O-])cc(C(=O)[O-])c2c(C(=O)[O-])c1C(=O)[O-].[K+].[K+].[K+].[K+].[K+].[K+]. The van der Waals surface area contributed by atoms with Gasteiger partial charge in [-0.1, -0.05) is 0 Å². The summed E-state index contributed by atoms with van der Waals surface area (Å²) in [6, 6.07) is 0.342. The van der Waals surface area contributed by atoms with Crippen LogP contribution < -0.4 is 339 Å². The Morgan fingerprint density at radius 3 is 1.03 bits per heavy atom. The Morgan fingerprint density at radius 2 is 0.735 bits per heavy atom. The van der Waals surface area contributed by atoms with Gasteiger partial charge < -0.3 is 59.4 Å². The van der Waals surface area contributed by atoms with Crippen LogP contribution in [0.4, 0.5) is 0 Å². The van der Waals surface area contributed by atoms with Crippen molar-refractivity contribution in [3.8, 4) is 0 Å². The molecule has 0 aliphatic rings. The number of carbonyl (C=O) groups excluding carboxylic acids is 6. The Hall–Kier alpha value is 5.34. The minimum atomic E-state index is -2.43. The van der Waals surface area contributed by atoms with E-state index in [2.05, 4.69) is 0 Å². The molecule has 0 N–H and O–H groups in total. The zero-order valence-electron chi connectivity index (χ0n) is 19.1. The number of carbonyl (C=O) groups is 6. The maximum Gasteiger partial charge on any atom is 1.00 e. The Kier molecular flexibility index (Phi) is 31.7. The van der Waals surface area contributed by atoms with E-state index >= 15 is 0 Å². The third-order valence-electron chi connectivity index (χ3n) is 3.70. The van der Waals surface area contributed by atoms with Gasteiger partial charge in [0.25, 0.3) is 0 Å². The number of aromatic carboxylic acids is 6. The van der Waals surface area contributed by atoms with Gasteiger partial charge in [0.05, 0.1) is 35.8 Å². The zero-order valence-corrected chi connectivity index (χ0v) is 37.8. The fourth-order valence-electron chi connectivity index (χ4n) is 2.71. The van der Waals surface area contributed by atoms with Gasteiger partial charge in [-0.3, -0.25) is 0 Å². The predicted octanol–water partition coefficient (Wildman–Crippen LogP) is -25.0. The third-order valence-corrected chi connectivity index (χ3v) is 3.70. The molecule has 12 nitrogen and oxygen atoms in total. The van der Waals surface area contributed by atoms with Crippen LogP contribution in [0.3, 0.4) is 0 Å². The van der Waals surface area contributed by atoms with Gasteiger partial charge in [-0.05, 0) is 17.5 Å². The van der Waals surface area contributed by atoms with E-state index in [1.54, 1.807) is 0 Å². The van der Waals surface area contributed by atoms with Gasteiger partial charge in [0.15, 0.2) is 0 Å². The van der Waals surface area contributed by atoms with Crippen LogP contribution >= 0.6 is 0 Å². The molecule has 0 unspecified atom stereocenters. The van der Waals surface area contributed by atoms with Crippen molar-refractivity contribution < 1.29 is 368 Å². The average molecular weight is 621 g/mol. The molecule has 0 saturated carbocycles. The molecule has 18 heteroatoms. The Balaban J connectivity index is -0.000000467. The molecular weight excluding hydrogens is 619 g/mol. The van der Waals surface area contributed by atoms with Crippen LogP contribution in [0, 0.1) is 0 Å². The molecule has 0 amide bonds. The molecule has 2 aromatic rings. The van der Waals surface area contributed by atoms with Gasteiger partial charge in [-0.25, -0.2) is 0 Å². The Labute approximate surface area is 446 Å². The number of hydrogen-bond donors (Lipinski definition) is 0. The molecular formula is C16H2K6O12. The summed E-state index contributed by atoms with van der Waals surface area (Å²) in [5.41, 5.74) is -8.58. The summed E-state index contributed by atoms with van der Waals surface area (Å²) in [7, 11) is 0. The summed E-state index contributed by atoms with van der Waals surface area (Å²) in [5.74, 6) is -13.9. The van der Waals surface area contributed by atoms with E-state index in [-0.39, 0.29) is 320 Å². The van der Waals surface area contributed by atoms with Gasteiger partial charge in [-0.2, -0.15) is 0 Å². The van der Waals surface area contributed by atoms with Crippen molar-refractivity contribution in [3.05, 3.63) is 45.5 Å². The molecule has 0 heterocycles. The third kappa shape index (κ3) is 11.5. The number of carboxylic acid groups (broad SMARTS) is 6. The number of hydrogen-bond acceptors (Lipinski definition) is 12. The minimum Gasteiger partial charge on any atom is -0.545 e. The number of fused-ring (bicyclic) bond motifs is 1. The topological polar surface area (TPSA) is 241 Å². The normalized spacial score (nSPS) is 8.59. The first-order chi connectivity index (χ1) is 12.9. The van der Waals surface area contributed by atoms with Crippen molar-refractivity contribution in [2.45, 2.75) is 0 Å². The molecule has 0 atom stereocenters. The molecule has 0 bridgehead atoms. The number of carboxylic acids is 6. The summed E-state index contributed by atoms with van der Waals surface area (Å²) in [6.07, 6.45) is 0. The van der Waals surface area contributed by atoms with E-state index in [4.69, 9.17) is 0 Å². The fourth-order valence-corrected chi connectivity index (χ4v) is 2.71. The first-order valence-electron chi connectivity index (χ1n) is 6.85. The Bertz CT molecular complexity index is 1150.